The van der Waals surface area contributed by atoms with Gasteiger partial charge in [-0.3, -0.25) is 9.59 Å². The summed E-state index contributed by atoms with van der Waals surface area (Å²) < 4.78 is 5.24. The number of hydrogen-bond acceptors (Lipinski definition) is 5. The van der Waals surface area contributed by atoms with Crippen molar-refractivity contribution in [3.05, 3.63) is 42.1 Å². The van der Waals surface area contributed by atoms with E-state index in [0.717, 1.165) is 0 Å². The van der Waals surface area contributed by atoms with Crippen LogP contribution in [0.1, 0.15) is 10.4 Å². The van der Waals surface area contributed by atoms with E-state index in [9.17, 15) is 9.59 Å². The zero-order valence-corrected chi connectivity index (χ0v) is 10.9. The molecule has 1 aromatic heterocycles. The van der Waals surface area contributed by atoms with Crippen molar-refractivity contribution < 1.29 is 14.3 Å². The second-order valence-electron chi connectivity index (χ2n) is 4.44. The molecule has 1 aromatic carbocycles. The summed E-state index contributed by atoms with van der Waals surface area (Å²) >= 11 is 0. The zero-order chi connectivity index (χ0) is 14.8. The van der Waals surface area contributed by atoms with Crippen molar-refractivity contribution in [1.82, 2.24) is 4.98 Å². The fourth-order valence-electron chi connectivity index (χ4n) is 1.97. The summed E-state index contributed by atoms with van der Waals surface area (Å²) in [4.78, 5) is 27.3. The first-order valence-corrected chi connectivity index (χ1v) is 6.22. The molecule has 0 radical (unpaired) electrons. The standard InChI is InChI=1S/C14H12N4O3/c15-13-9(2-1-5-16-13)14(20)17-8-3-4-11-10(6-8)18-12(19)7-21-11/h1-6H,7H2,(H2,15,16)(H,17,20)(H,18,19). The Balaban J connectivity index is 1.82. The molecule has 0 atom stereocenters. The Labute approximate surface area is 120 Å². The summed E-state index contributed by atoms with van der Waals surface area (Å²) in [5.74, 6) is 0.115. The van der Waals surface area contributed by atoms with Gasteiger partial charge in [0.2, 0.25) is 0 Å². The maximum Gasteiger partial charge on any atom is 0.262 e. The molecule has 0 fully saturated rings. The van der Waals surface area contributed by atoms with Crippen molar-refractivity contribution in [2.75, 3.05) is 23.0 Å². The van der Waals surface area contributed by atoms with Gasteiger partial charge < -0.3 is 21.1 Å². The Morgan fingerprint density at radius 3 is 3.05 bits per heavy atom. The van der Waals surface area contributed by atoms with E-state index < -0.39 is 0 Å². The normalized spacial score (nSPS) is 12.9. The largest absolute Gasteiger partial charge is 0.482 e. The lowest BCUT2D eigenvalue weighted by Gasteiger charge is -2.18. The second kappa shape index (κ2) is 5.12. The summed E-state index contributed by atoms with van der Waals surface area (Å²) in [7, 11) is 0. The molecule has 2 aromatic rings. The molecule has 0 saturated heterocycles. The van der Waals surface area contributed by atoms with Crippen LogP contribution in [0.4, 0.5) is 17.2 Å². The van der Waals surface area contributed by atoms with Gasteiger partial charge >= 0.3 is 0 Å². The van der Waals surface area contributed by atoms with E-state index in [1.165, 1.54) is 6.20 Å². The fourth-order valence-corrected chi connectivity index (χ4v) is 1.97. The van der Waals surface area contributed by atoms with E-state index >= 15 is 0 Å². The van der Waals surface area contributed by atoms with Crippen molar-refractivity contribution in [3.63, 3.8) is 0 Å². The summed E-state index contributed by atoms with van der Waals surface area (Å²) in [5.41, 5.74) is 6.98. The third-order valence-electron chi connectivity index (χ3n) is 2.95. The van der Waals surface area contributed by atoms with Crippen molar-refractivity contribution in [1.29, 1.82) is 0 Å². The number of amides is 2. The smallest absolute Gasteiger partial charge is 0.262 e. The Morgan fingerprint density at radius 1 is 1.38 bits per heavy atom. The number of ether oxygens (including phenoxy) is 1. The van der Waals surface area contributed by atoms with E-state index in [0.29, 0.717) is 17.1 Å². The first-order chi connectivity index (χ1) is 10.1. The third-order valence-corrected chi connectivity index (χ3v) is 2.95. The molecular formula is C14H12N4O3. The van der Waals surface area contributed by atoms with Gasteiger partial charge in [0.05, 0.1) is 11.3 Å². The van der Waals surface area contributed by atoms with Gasteiger partial charge in [-0.15, -0.1) is 0 Å². The van der Waals surface area contributed by atoms with Crippen LogP contribution in [0, 0.1) is 0 Å². The van der Waals surface area contributed by atoms with Gasteiger partial charge in [0.15, 0.2) is 6.61 Å². The molecule has 2 heterocycles. The molecule has 0 saturated carbocycles. The van der Waals surface area contributed by atoms with Gasteiger partial charge in [-0.2, -0.15) is 0 Å². The minimum atomic E-state index is -0.372. The van der Waals surface area contributed by atoms with Crippen LogP contribution >= 0.6 is 0 Å². The maximum absolute atomic E-state index is 12.1. The molecule has 21 heavy (non-hydrogen) atoms. The number of benzene rings is 1. The summed E-state index contributed by atoms with van der Waals surface area (Å²) in [6, 6.07) is 8.20. The van der Waals surface area contributed by atoms with Crippen LogP contribution in [-0.2, 0) is 4.79 Å². The van der Waals surface area contributed by atoms with Crippen LogP contribution in [0.5, 0.6) is 5.75 Å². The Bertz CT molecular complexity index is 730. The summed E-state index contributed by atoms with van der Waals surface area (Å²) in [6.45, 7) is -0.00900. The molecule has 0 unspecified atom stereocenters. The predicted molar refractivity (Wildman–Crippen MR) is 77.2 cm³/mol. The number of anilines is 3. The Kier molecular flexibility index (Phi) is 3.15. The van der Waals surface area contributed by atoms with E-state index in [2.05, 4.69) is 15.6 Å². The number of pyridine rings is 1. The quantitative estimate of drug-likeness (QED) is 0.769. The van der Waals surface area contributed by atoms with Crippen LogP contribution in [-0.4, -0.2) is 23.4 Å². The first kappa shape index (κ1) is 12.9. The van der Waals surface area contributed by atoms with E-state index in [1.807, 2.05) is 0 Å². The van der Waals surface area contributed by atoms with Gasteiger partial charge in [-0.25, -0.2) is 4.98 Å². The number of carbonyl (C=O) groups is 2. The number of nitrogens with two attached hydrogens (primary N) is 1. The van der Waals surface area contributed by atoms with Crippen molar-refractivity contribution in [3.8, 4) is 5.75 Å². The summed E-state index contributed by atoms with van der Waals surface area (Å²) in [5, 5.41) is 5.37. The Morgan fingerprint density at radius 2 is 2.24 bits per heavy atom. The highest BCUT2D eigenvalue weighted by molar-refractivity contribution is 6.07. The number of aromatic nitrogens is 1. The lowest BCUT2D eigenvalue weighted by atomic mass is 10.2. The van der Waals surface area contributed by atoms with Gasteiger partial charge in [0.25, 0.3) is 11.8 Å². The average Bonchev–Trinajstić information content (AvgIpc) is 2.47. The average molecular weight is 284 g/mol. The van der Waals surface area contributed by atoms with Crippen LogP contribution in [0.3, 0.4) is 0 Å². The topological polar surface area (TPSA) is 106 Å². The highest BCUT2D eigenvalue weighted by Crippen LogP contribution is 2.30. The zero-order valence-electron chi connectivity index (χ0n) is 10.9. The number of carbonyl (C=O) groups excluding carboxylic acids is 2. The molecule has 3 rings (SSSR count). The minimum Gasteiger partial charge on any atom is -0.482 e. The van der Waals surface area contributed by atoms with Crippen LogP contribution in [0.2, 0.25) is 0 Å². The molecule has 2 amide bonds. The summed E-state index contributed by atoms with van der Waals surface area (Å²) in [6.07, 6.45) is 1.51. The van der Waals surface area contributed by atoms with Crippen LogP contribution in [0.15, 0.2) is 36.5 Å². The van der Waals surface area contributed by atoms with Gasteiger partial charge in [-0.1, -0.05) is 0 Å². The molecule has 1 aliphatic heterocycles. The monoisotopic (exact) mass is 284 g/mol. The van der Waals surface area contributed by atoms with E-state index in [-0.39, 0.29) is 29.8 Å². The molecular weight excluding hydrogens is 272 g/mol. The Hall–Kier alpha value is -3.09. The second-order valence-corrected chi connectivity index (χ2v) is 4.44. The van der Waals surface area contributed by atoms with E-state index in [4.69, 9.17) is 10.5 Å². The van der Waals surface area contributed by atoms with Crippen molar-refractivity contribution in [2.45, 2.75) is 0 Å². The van der Waals surface area contributed by atoms with Crippen LogP contribution in [0.25, 0.3) is 0 Å². The van der Waals surface area contributed by atoms with Gasteiger partial charge in [0.1, 0.15) is 11.6 Å². The number of nitrogens with one attached hydrogen (secondary N) is 2. The number of rotatable bonds is 2. The van der Waals surface area contributed by atoms with Crippen LogP contribution < -0.4 is 21.1 Å². The number of nitrogens with zero attached hydrogens (tertiary/aromatic N) is 1. The number of fused-ring (bicyclic) bond motifs is 1. The highest BCUT2D eigenvalue weighted by Gasteiger charge is 2.17. The minimum absolute atomic E-state index is 0.00900. The molecule has 4 N–H and O–H groups in total. The lowest BCUT2D eigenvalue weighted by Crippen LogP contribution is -2.25. The molecule has 0 spiro atoms. The number of hydrogen-bond donors (Lipinski definition) is 3. The first-order valence-electron chi connectivity index (χ1n) is 6.22. The molecule has 7 nitrogen and oxygen atoms in total. The number of nitrogen functional groups attached to an aromatic ring is 1. The van der Waals surface area contributed by atoms with Gasteiger partial charge in [0, 0.05) is 11.9 Å². The molecule has 0 bridgehead atoms. The molecule has 106 valence electrons. The predicted octanol–water partition coefficient (Wildman–Crippen LogP) is 1.25. The lowest BCUT2D eigenvalue weighted by molar-refractivity contribution is -0.118. The maximum atomic E-state index is 12.1. The van der Waals surface area contributed by atoms with Gasteiger partial charge in [-0.05, 0) is 30.3 Å². The molecule has 1 aliphatic rings. The van der Waals surface area contributed by atoms with Crippen molar-refractivity contribution in [2.24, 2.45) is 0 Å². The highest BCUT2D eigenvalue weighted by atomic mass is 16.5. The van der Waals surface area contributed by atoms with E-state index in [1.54, 1.807) is 30.3 Å². The van der Waals surface area contributed by atoms with Crippen molar-refractivity contribution >= 4 is 29.0 Å². The molecule has 0 aliphatic carbocycles. The fraction of sp³-hybridized carbons (Fsp3) is 0.0714. The molecule has 7 heteroatoms. The third kappa shape index (κ3) is 2.62. The SMILES string of the molecule is Nc1ncccc1C(=O)Nc1ccc2c(c1)NC(=O)CO2.